The number of rotatable bonds is 4. The van der Waals surface area contributed by atoms with Gasteiger partial charge in [0.15, 0.2) is 0 Å². The van der Waals surface area contributed by atoms with E-state index in [2.05, 4.69) is 11.5 Å². The summed E-state index contributed by atoms with van der Waals surface area (Å²) in [5.41, 5.74) is 0.215. The molecule has 7 heteroatoms. The number of carbonyl (C=O) groups is 3. The largest absolute Gasteiger partial charge is 0.478 e. The number of hydrogen-bond donors (Lipinski definition) is 2. The highest BCUT2D eigenvalue weighted by Crippen LogP contribution is 2.11. The van der Waals surface area contributed by atoms with Crippen LogP contribution in [0.4, 0.5) is 0 Å². The van der Waals surface area contributed by atoms with Crippen molar-refractivity contribution < 1.29 is 34.4 Å². The van der Waals surface area contributed by atoms with Gasteiger partial charge < -0.3 is 9.84 Å². The summed E-state index contributed by atoms with van der Waals surface area (Å²) in [6.45, 7) is 6.47. The molecule has 7 nitrogen and oxygen atoms in total. The van der Waals surface area contributed by atoms with Gasteiger partial charge in [-0.25, -0.2) is 14.4 Å². The standard InChI is InChI=1S/C10H10O5.C4H6O2/c1-2-14-9(11)7-5-3-4-6-8(7)10(12)15-13;1-3(2)4(5)6/h3-6,13H,2H2,1H3;1H2,2H3,(H,5,6). The van der Waals surface area contributed by atoms with Crippen molar-refractivity contribution in [2.24, 2.45) is 0 Å². The molecule has 0 atom stereocenters. The number of hydrogen-bond acceptors (Lipinski definition) is 6. The van der Waals surface area contributed by atoms with Gasteiger partial charge in [0.05, 0.1) is 17.7 Å². The highest BCUT2D eigenvalue weighted by Gasteiger charge is 2.18. The molecule has 0 saturated heterocycles. The number of carbonyl (C=O) groups excluding carboxylic acids is 2. The van der Waals surface area contributed by atoms with Gasteiger partial charge >= 0.3 is 17.9 Å². The molecule has 0 amide bonds. The van der Waals surface area contributed by atoms with Crippen LogP contribution in [0.1, 0.15) is 34.6 Å². The lowest BCUT2D eigenvalue weighted by atomic mass is 10.1. The zero-order chi connectivity index (χ0) is 16.4. The van der Waals surface area contributed by atoms with Crippen molar-refractivity contribution in [2.45, 2.75) is 13.8 Å². The monoisotopic (exact) mass is 296 g/mol. The van der Waals surface area contributed by atoms with Crippen molar-refractivity contribution in [3.63, 3.8) is 0 Å². The highest BCUT2D eigenvalue weighted by molar-refractivity contribution is 6.02. The quantitative estimate of drug-likeness (QED) is 0.379. The lowest BCUT2D eigenvalue weighted by molar-refractivity contribution is -0.182. The first-order valence-electron chi connectivity index (χ1n) is 5.85. The van der Waals surface area contributed by atoms with Crippen LogP contribution in [-0.4, -0.2) is 34.9 Å². The van der Waals surface area contributed by atoms with E-state index in [-0.39, 0.29) is 23.3 Å². The SMILES string of the molecule is C=C(C)C(=O)O.CCOC(=O)c1ccccc1C(=O)OO. The first-order chi connectivity index (χ1) is 9.84. The molecule has 0 aliphatic heterocycles. The summed E-state index contributed by atoms with van der Waals surface area (Å²) < 4.78 is 4.73. The molecular formula is C14H16O7. The zero-order valence-electron chi connectivity index (χ0n) is 11.7. The number of esters is 1. The van der Waals surface area contributed by atoms with E-state index in [1.807, 2.05) is 0 Å². The molecule has 0 aliphatic rings. The van der Waals surface area contributed by atoms with Crippen LogP contribution in [0.2, 0.25) is 0 Å². The third-order valence-electron chi connectivity index (χ3n) is 2.09. The van der Waals surface area contributed by atoms with Gasteiger partial charge in [-0.15, -0.1) is 0 Å². The third-order valence-corrected chi connectivity index (χ3v) is 2.09. The van der Waals surface area contributed by atoms with Crippen LogP contribution >= 0.6 is 0 Å². The fourth-order valence-corrected chi connectivity index (χ4v) is 1.10. The Morgan fingerprint density at radius 1 is 1.14 bits per heavy atom. The second kappa shape index (κ2) is 9.27. The first kappa shape index (κ1) is 18.3. The van der Waals surface area contributed by atoms with Crippen LogP contribution in [0.5, 0.6) is 0 Å². The van der Waals surface area contributed by atoms with Crippen molar-refractivity contribution in [2.75, 3.05) is 6.61 Å². The molecule has 1 rings (SSSR count). The van der Waals surface area contributed by atoms with E-state index in [4.69, 9.17) is 15.1 Å². The van der Waals surface area contributed by atoms with E-state index in [1.54, 1.807) is 19.1 Å². The van der Waals surface area contributed by atoms with E-state index in [9.17, 15) is 14.4 Å². The molecule has 0 fully saturated rings. The summed E-state index contributed by atoms with van der Waals surface area (Å²) in [5.74, 6) is -2.55. The summed E-state index contributed by atoms with van der Waals surface area (Å²) in [5, 5.41) is 16.1. The van der Waals surface area contributed by atoms with Crippen molar-refractivity contribution in [1.29, 1.82) is 0 Å². The first-order valence-corrected chi connectivity index (χ1v) is 5.85. The van der Waals surface area contributed by atoms with E-state index in [0.29, 0.717) is 0 Å². The number of carboxylic acid groups (broad SMARTS) is 1. The molecule has 0 unspecified atom stereocenters. The summed E-state index contributed by atoms with van der Waals surface area (Å²) in [6, 6.07) is 5.92. The number of ether oxygens (including phenoxy) is 1. The van der Waals surface area contributed by atoms with E-state index in [0.717, 1.165) is 0 Å². The van der Waals surface area contributed by atoms with Crippen molar-refractivity contribution >= 4 is 17.9 Å². The van der Waals surface area contributed by atoms with Crippen LogP contribution in [0.15, 0.2) is 36.4 Å². The summed E-state index contributed by atoms with van der Waals surface area (Å²) in [6.07, 6.45) is 0. The minimum absolute atomic E-state index is 0.0292. The zero-order valence-corrected chi connectivity index (χ0v) is 11.7. The Morgan fingerprint density at radius 3 is 1.90 bits per heavy atom. The molecule has 0 spiro atoms. The Kier molecular flexibility index (Phi) is 8.09. The van der Waals surface area contributed by atoms with Crippen LogP contribution in [0.3, 0.4) is 0 Å². The number of benzene rings is 1. The maximum atomic E-state index is 11.4. The van der Waals surface area contributed by atoms with E-state index >= 15 is 0 Å². The van der Waals surface area contributed by atoms with Gasteiger partial charge in [0.1, 0.15) is 0 Å². The van der Waals surface area contributed by atoms with Gasteiger partial charge in [0.2, 0.25) is 0 Å². The minimum atomic E-state index is -0.987. The van der Waals surface area contributed by atoms with Gasteiger partial charge in [-0.2, -0.15) is 5.26 Å². The molecule has 21 heavy (non-hydrogen) atoms. The maximum Gasteiger partial charge on any atom is 0.373 e. The van der Waals surface area contributed by atoms with Crippen LogP contribution in [0.25, 0.3) is 0 Å². The molecule has 2 N–H and O–H groups in total. The molecule has 0 aliphatic carbocycles. The fourth-order valence-electron chi connectivity index (χ4n) is 1.10. The highest BCUT2D eigenvalue weighted by atomic mass is 17.1. The normalized spacial score (nSPS) is 8.90. The average molecular weight is 296 g/mol. The van der Waals surface area contributed by atoms with Crippen LogP contribution in [0, 0.1) is 0 Å². The molecule has 0 saturated carbocycles. The molecule has 0 aromatic heterocycles. The fraction of sp³-hybridized carbons (Fsp3) is 0.214. The average Bonchev–Trinajstić information content (AvgIpc) is 2.47. The second-order valence-corrected chi connectivity index (χ2v) is 3.73. The maximum absolute atomic E-state index is 11.4. The van der Waals surface area contributed by atoms with Gasteiger partial charge in [0, 0.05) is 5.57 Å². The third kappa shape index (κ3) is 6.35. The minimum Gasteiger partial charge on any atom is -0.478 e. The Hall–Kier alpha value is -2.67. The number of aliphatic carboxylic acids is 1. The Labute approximate surface area is 121 Å². The van der Waals surface area contributed by atoms with Gasteiger partial charge in [-0.1, -0.05) is 18.7 Å². The molecule has 0 bridgehead atoms. The van der Waals surface area contributed by atoms with E-state index in [1.165, 1.54) is 19.1 Å². The van der Waals surface area contributed by atoms with Crippen molar-refractivity contribution in [3.05, 3.63) is 47.5 Å². The topological polar surface area (TPSA) is 110 Å². The van der Waals surface area contributed by atoms with Crippen molar-refractivity contribution in [3.8, 4) is 0 Å². The van der Waals surface area contributed by atoms with Gasteiger partial charge in [-0.3, -0.25) is 4.89 Å². The summed E-state index contributed by atoms with van der Waals surface area (Å²) in [7, 11) is 0. The lowest BCUT2D eigenvalue weighted by Gasteiger charge is -2.05. The lowest BCUT2D eigenvalue weighted by Crippen LogP contribution is -2.12. The predicted octanol–water partition coefficient (Wildman–Crippen LogP) is 2.14. The molecule has 0 heterocycles. The Morgan fingerprint density at radius 2 is 1.57 bits per heavy atom. The molecule has 1 aromatic carbocycles. The smallest absolute Gasteiger partial charge is 0.373 e. The Balaban J connectivity index is 0.000000567. The Bertz CT molecular complexity index is 522. The van der Waals surface area contributed by atoms with Crippen LogP contribution in [-0.2, 0) is 14.4 Å². The summed E-state index contributed by atoms with van der Waals surface area (Å²) in [4.78, 5) is 35.6. The summed E-state index contributed by atoms with van der Waals surface area (Å²) >= 11 is 0. The number of carboxylic acids is 1. The van der Waals surface area contributed by atoms with Gasteiger partial charge in [-0.05, 0) is 26.0 Å². The molecule has 1 aromatic rings. The molecule has 114 valence electrons. The predicted molar refractivity (Wildman–Crippen MR) is 72.9 cm³/mol. The van der Waals surface area contributed by atoms with Gasteiger partial charge in [0.25, 0.3) is 0 Å². The van der Waals surface area contributed by atoms with E-state index < -0.39 is 17.9 Å². The van der Waals surface area contributed by atoms with Crippen LogP contribution < -0.4 is 0 Å². The second-order valence-electron chi connectivity index (χ2n) is 3.73. The molecule has 0 radical (unpaired) electrons. The van der Waals surface area contributed by atoms with Crippen molar-refractivity contribution in [1.82, 2.24) is 0 Å². The molecular weight excluding hydrogens is 280 g/mol.